The van der Waals surface area contributed by atoms with Gasteiger partial charge in [0.25, 0.3) is 0 Å². The van der Waals surface area contributed by atoms with Gasteiger partial charge in [0.15, 0.2) is 5.52 Å². The maximum atomic E-state index is 5.40. The molecule has 0 radical (unpaired) electrons. The molecule has 0 aliphatic rings. The quantitative estimate of drug-likeness (QED) is 0.455. The maximum Gasteiger partial charge on any atom is 0.402 e. The van der Waals surface area contributed by atoms with Crippen molar-refractivity contribution in [2.24, 2.45) is 0 Å². The Morgan fingerprint density at radius 3 is 2.76 bits per heavy atom. The molecule has 0 saturated carbocycles. The molecule has 0 aliphatic carbocycles. The van der Waals surface area contributed by atoms with E-state index in [-0.39, 0.29) is 0 Å². The van der Waals surface area contributed by atoms with E-state index in [1.165, 1.54) is 0 Å². The highest BCUT2D eigenvalue weighted by atomic mass is 32.1. The molecule has 0 atom stereocenters. The number of hydrogen-bond acceptors (Lipinski definition) is 3. The second kappa shape index (κ2) is 6.29. The van der Waals surface area contributed by atoms with Crippen LogP contribution in [0.3, 0.4) is 0 Å². The van der Waals surface area contributed by atoms with Crippen molar-refractivity contribution in [3.05, 3.63) is 66.2 Å². The molecule has 0 amide bonds. The fraction of sp³-hybridized carbons (Fsp3) is 0.158. The molecule has 0 fully saturated rings. The van der Waals surface area contributed by atoms with Crippen LogP contribution in [0, 0.1) is 6.92 Å². The molecule has 5 nitrogen and oxygen atoms in total. The summed E-state index contributed by atoms with van der Waals surface area (Å²) in [4.78, 5) is 8.13. The molecule has 0 bridgehead atoms. The average molecular weight is 350 g/mol. The topological polar surface area (TPSA) is 46.7 Å². The summed E-state index contributed by atoms with van der Waals surface area (Å²) in [5.74, 6) is 2.07. The van der Waals surface area contributed by atoms with Crippen molar-refractivity contribution in [3.8, 4) is 17.4 Å². The number of rotatable bonds is 4. The first kappa shape index (κ1) is 15.8. The summed E-state index contributed by atoms with van der Waals surface area (Å²) in [6.07, 6.45) is 5.99. The SMILES string of the molecule is COc1cc[n+](-c2nc3ccc(-n4cccc4)cc3[nH]2)c(C[S-])c1C. The van der Waals surface area contributed by atoms with E-state index in [4.69, 9.17) is 22.3 Å². The molecule has 4 rings (SSSR count). The van der Waals surface area contributed by atoms with Crippen LogP contribution in [-0.4, -0.2) is 21.6 Å². The normalized spacial score (nSPS) is 11.2. The van der Waals surface area contributed by atoms with Gasteiger partial charge in [-0.1, -0.05) is 4.98 Å². The van der Waals surface area contributed by atoms with Crippen LogP contribution in [0.4, 0.5) is 0 Å². The third-order valence-corrected chi connectivity index (χ3v) is 4.68. The molecule has 3 aromatic heterocycles. The highest BCUT2D eigenvalue weighted by Crippen LogP contribution is 2.21. The molecule has 0 saturated heterocycles. The number of imidazole rings is 1. The number of fused-ring (bicyclic) bond motifs is 1. The Kier molecular flexibility index (Phi) is 3.97. The number of methoxy groups -OCH3 is 1. The summed E-state index contributed by atoms with van der Waals surface area (Å²) in [7, 11) is 1.67. The molecule has 0 spiro atoms. The van der Waals surface area contributed by atoms with E-state index >= 15 is 0 Å². The molecular formula is C19H18N4OS. The maximum absolute atomic E-state index is 5.40. The minimum Gasteiger partial charge on any atom is -0.785 e. The number of aromatic nitrogens is 4. The minimum absolute atomic E-state index is 0.481. The number of nitrogens with zero attached hydrogens (tertiary/aromatic N) is 3. The number of benzene rings is 1. The fourth-order valence-corrected chi connectivity index (χ4v) is 3.40. The largest absolute Gasteiger partial charge is 0.785 e. The molecular weight excluding hydrogens is 332 g/mol. The van der Waals surface area contributed by atoms with Crippen LogP contribution in [0.5, 0.6) is 5.75 Å². The highest BCUT2D eigenvalue weighted by Gasteiger charge is 2.18. The van der Waals surface area contributed by atoms with Crippen LogP contribution in [0.25, 0.3) is 22.7 Å². The Morgan fingerprint density at radius 1 is 1.24 bits per heavy atom. The van der Waals surface area contributed by atoms with E-state index in [9.17, 15) is 0 Å². The lowest BCUT2D eigenvalue weighted by Gasteiger charge is -2.14. The number of nitrogens with one attached hydrogen (secondary N) is 1. The van der Waals surface area contributed by atoms with Crippen molar-refractivity contribution >= 4 is 23.7 Å². The molecule has 0 aliphatic heterocycles. The smallest absolute Gasteiger partial charge is 0.402 e. The average Bonchev–Trinajstić information content (AvgIpc) is 3.30. The Labute approximate surface area is 151 Å². The van der Waals surface area contributed by atoms with E-state index < -0.39 is 0 Å². The van der Waals surface area contributed by atoms with Crippen molar-refractivity contribution in [1.29, 1.82) is 0 Å². The number of H-pyrrole nitrogens is 1. The number of ether oxygens (including phenoxy) is 1. The summed E-state index contributed by atoms with van der Waals surface area (Å²) in [6, 6.07) is 12.1. The Bertz CT molecular complexity index is 1040. The third-order valence-electron chi connectivity index (χ3n) is 4.41. The van der Waals surface area contributed by atoms with Crippen LogP contribution in [0.1, 0.15) is 11.3 Å². The van der Waals surface area contributed by atoms with Crippen molar-refractivity contribution in [3.63, 3.8) is 0 Å². The molecule has 1 N–H and O–H groups in total. The van der Waals surface area contributed by atoms with Crippen LogP contribution in [-0.2, 0) is 18.4 Å². The van der Waals surface area contributed by atoms with E-state index in [2.05, 4.69) is 21.7 Å². The van der Waals surface area contributed by atoms with Gasteiger partial charge in [-0.2, -0.15) is 0 Å². The zero-order chi connectivity index (χ0) is 17.4. The van der Waals surface area contributed by atoms with Gasteiger partial charge in [0.05, 0.1) is 19.0 Å². The highest BCUT2D eigenvalue weighted by molar-refractivity contribution is 7.57. The predicted octanol–water partition coefficient (Wildman–Crippen LogP) is 2.99. The molecule has 0 unspecified atom stereocenters. The molecule has 3 heterocycles. The van der Waals surface area contributed by atoms with Gasteiger partial charge >= 0.3 is 5.95 Å². The second-order valence-corrected chi connectivity index (χ2v) is 6.11. The van der Waals surface area contributed by atoms with Crippen LogP contribution in [0.2, 0.25) is 0 Å². The van der Waals surface area contributed by atoms with Gasteiger partial charge in [0.1, 0.15) is 11.3 Å². The van der Waals surface area contributed by atoms with Crippen molar-refractivity contribution < 1.29 is 9.30 Å². The van der Waals surface area contributed by atoms with Gasteiger partial charge in [0.2, 0.25) is 0 Å². The standard InChI is InChI=1S/C19H18N4OS/c1-13-17(12-25)23(10-7-18(13)24-2)19-20-15-6-5-14(11-16(15)21-19)22-8-3-4-9-22/h3-11H,12H2,1-2H3,(H-,20,21,25). The van der Waals surface area contributed by atoms with E-state index in [1.807, 2.05) is 54.3 Å². The van der Waals surface area contributed by atoms with Gasteiger partial charge in [-0.05, 0) is 31.2 Å². The Morgan fingerprint density at radius 2 is 2.04 bits per heavy atom. The van der Waals surface area contributed by atoms with Crippen molar-refractivity contribution in [2.45, 2.75) is 12.7 Å². The number of hydrogen-bond donors (Lipinski definition) is 1. The zero-order valence-corrected chi connectivity index (χ0v) is 14.9. The lowest BCUT2D eigenvalue weighted by Crippen LogP contribution is -2.37. The van der Waals surface area contributed by atoms with Crippen LogP contribution >= 0.6 is 0 Å². The fourth-order valence-electron chi connectivity index (χ4n) is 3.04. The summed E-state index contributed by atoms with van der Waals surface area (Å²) in [5, 5.41) is 0. The second-order valence-electron chi connectivity index (χ2n) is 5.82. The monoisotopic (exact) mass is 350 g/mol. The van der Waals surface area contributed by atoms with Crippen LogP contribution < -0.4 is 9.30 Å². The Hall–Kier alpha value is -2.73. The lowest BCUT2D eigenvalue weighted by atomic mass is 10.2. The van der Waals surface area contributed by atoms with Gasteiger partial charge in [-0.15, -0.1) is 5.75 Å². The molecule has 6 heteroatoms. The summed E-state index contributed by atoms with van der Waals surface area (Å²) >= 11 is 5.34. The first-order chi connectivity index (χ1) is 12.2. The molecule has 126 valence electrons. The summed E-state index contributed by atoms with van der Waals surface area (Å²) < 4.78 is 9.47. The summed E-state index contributed by atoms with van der Waals surface area (Å²) in [6.45, 7) is 2.02. The van der Waals surface area contributed by atoms with Crippen molar-refractivity contribution in [1.82, 2.24) is 14.5 Å². The third kappa shape index (κ3) is 2.68. The summed E-state index contributed by atoms with van der Waals surface area (Å²) in [5.41, 5.74) is 5.03. The van der Waals surface area contributed by atoms with Gasteiger partial charge in [-0.25, -0.2) is 9.55 Å². The molecule has 4 aromatic rings. The number of pyridine rings is 1. The van der Waals surface area contributed by atoms with Gasteiger partial charge in [0, 0.05) is 35.8 Å². The molecule has 25 heavy (non-hydrogen) atoms. The van der Waals surface area contributed by atoms with E-state index in [1.54, 1.807) is 7.11 Å². The van der Waals surface area contributed by atoms with E-state index in [0.29, 0.717) is 5.75 Å². The predicted molar refractivity (Wildman–Crippen MR) is 99.3 cm³/mol. The first-order valence-electron chi connectivity index (χ1n) is 8.01. The minimum atomic E-state index is 0.481. The number of aromatic amines is 1. The lowest BCUT2D eigenvalue weighted by molar-refractivity contribution is -0.610. The van der Waals surface area contributed by atoms with E-state index in [0.717, 1.165) is 39.7 Å². The zero-order valence-electron chi connectivity index (χ0n) is 14.1. The van der Waals surface area contributed by atoms with Gasteiger partial charge < -0.3 is 21.9 Å². The first-order valence-corrected chi connectivity index (χ1v) is 8.58. The van der Waals surface area contributed by atoms with Crippen LogP contribution in [0.15, 0.2) is 55.0 Å². The molecule has 1 aromatic carbocycles. The Balaban J connectivity index is 1.84. The van der Waals surface area contributed by atoms with Crippen molar-refractivity contribution in [2.75, 3.05) is 7.11 Å². The van der Waals surface area contributed by atoms with Gasteiger partial charge in [-0.3, -0.25) is 0 Å².